The van der Waals surface area contributed by atoms with Crippen LogP contribution in [0.25, 0.3) is 0 Å². The maximum absolute atomic E-state index is 15.1. The number of hydrogen-bond donors (Lipinski definition) is 2. The van der Waals surface area contributed by atoms with Crippen molar-refractivity contribution >= 4 is 29.3 Å². The van der Waals surface area contributed by atoms with Crippen LogP contribution in [0.15, 0.2) is 12.1 Å². The van der Waals surface area contributed by atoms with Crippen LogP contribution in [-0.2, 0) is 9.59 Å². The summed E-state index contributed by atoms with van der Waals surface area (Å²) in [5, 5.41) is 5.52. The first kappa shape index (κ1) is 20.7. The number of halogens is 1. The number of benzene rings is 1. The number of carbonyl (C=O) groups is 4. The summed E-state index contributed by atoms with van der Waals surface area (Å²) in [7, 11) is 0. The van der Waals surface area contributed by atoms with Crippen molar-refractivity contribution in [3.05, 3.63) is 29.1 Å². The average Bonchev–Trinajstić information content (AvgIpc) is 2.96. The highest BCUT2D eigenvalue weighted by atomic mass is 19.1. The highest BCUT2D eigenvalue weighted by molar-refractivity contribution is 6.23. The van der Waals surface area contributed by atoms with E-state index >= 15 is 4.39 Å². The van der Waals surface area contributed by atoms with E-state index in [-0.39, 0.29) is 24.0 Å². The van der Waals surface area contributed by atoms with Gasteiger partial charge in [-0.3, -0.25) is 34.3 Å². The van der Waals surface area contributed by atoms with Gasteiger partial charge in [0.05, 0.1) is 16.8 Å². The summed E-state index contributed by atoms with van der Waals surface area (Å²) in [5.74, 6) is -2.94. The first-order valence-electron chi connectivity index (χ1n) is 11.6. The summed E-state index contributed by atoms with van der Waals surface area (Å²) in [5.41, 5.74) is 0.887. The molecule has 0 aliphatic carbocycles. The predicted molar refractivity (Wildman–Crippen MR) is 115 cm³/mol. The van der Waals surface area contributed by atoms with Crippen LogP contribution in [0.4, 0.5) is 10.1 Å². The molecular formula is C23H26FN5O4. The molecule has 5 aliphatic rings. The van der Waals surface area contributed by atoms with Crippen molar-refractivity contribution in [1.29, 1.82) is 0 Å². The summed E-state index contributed by atoms with van der Waals surface area (Å²) in [4.78, 5) is 54.9. The van der Waals surface area contributed by atoms with E-state index in [1.54, 1.807) is 0 Å². The fourth-order valence-corrected chi connectivity index (χ4v) is 5.97. The number of nitrogens with one attached hydrogen (secondary N) is 2. The third-order valence-corrected chi connectivity index (χ3v) is 7.91. The summed E-state index contributed by atoms with van der Waals surface area (Å²) in [6, 6.07) is 2.01. The number of rotatable bonds is 3. The number of nitrogens with zero attached hydrogens (tertiary/aromatic N) is 3. The Hall–Kier alpha value is -2.85. The van der Waals surface area contributed by atoms with Crippen LogP contribution in [0, 0.1) is 11.2 Å². The van der Waals surface area contributed by atoms with E-state index in [4.69, 9.17) is 0 Å². The van der Waals surface area contributed by atoms with Crippen molar-refractivity contribution in [2.24, 2.45) is 5.41 Å². The molecule has 0 bridgehead atoms. The van der Waals surface area contributed by atoms with Gasteiger partial charge in [-0.05, 0) is 31.4 Å². The van der Waals surface area contributed by atoms with Gasteiger partial charge in [0.1, 0.15) is 11.9 Å². The predicted octanol–water partition coefficient (Wildman–Crippen LogP) is 0.101. The van der Waals surface area contributed by atoms with Gasteiger partial charge in [-0.15, -0.1) is 0 Å². The minimum Gasteiger partial charge on any atom is -0.369 e. The van der Waals surface area contributed by atoms with Crippen molar-refractivity contribution in [1.82, 2.24) is 20.4 Å². The third-order valence-electron chi connectivity index (χ3n) is 7.91. The van der Waals surface area contributed by atoms with Crippen LogP contribution in [0.5, 0.6) is 0 Å². The molecule has 1 spiro atoms. The van der Waals surface area contributed by atoms with Crippen molar-refractivity contribution < 1.29 is 23.6 Å². The normalized spacial score (nSPS) is 27.5. The first-order valence-corrected chi connectivity index (χ1v) is 11.6. The topological polar surface area (TPSA) is 102 Å². The average molecular weight is 455 g/mol. The zero-order valence-corrected chi connectivity index (χ0v) is 18.2. The number of likely N-dealkylation sites (tertiary alicyclic amines) is 1. The highest BCUT2D eigenvalue weighted by Gasteiger charge is 2.50. The number of fused-ring (bicyclic) bond motifs is 1. The number of hydrogen-bond acceptors (Lipinski definition) is 7. The molecule has 1 aromatic carbocycles. The molecule has 1 atom stereocenters. The van der Waals surface area contributed by atoms with Crippen LogP contribution < -0.4 is 15.5 Å². The molecule has 2 N–H and O–H groups in total. The van der Waals surface area contributed by atoms with E-state index in [1.165, 1.54) is 6.07 Å². The van der Waals surface area contributed by atoms with Crippen LogP contribution >= 0.6 is 0 Å². The smallest absolute Gasteiger partial charge is 0.262 e. The van der Waals surface area contributed by atoms with Gasteiger partial charge in [0.2, 0.25) is 11.8 Å². The summed E-state index contributed by atoms with van der Waals surface area (Å²) in [6.45, 7) is 5.83. The maximum Gasteiger partial charge on any atom is 0.262 e. The molecule has 174 valence electrons. The Balaban J connectivity index is 1.17. The Labute approximate surface area is 190 Å². The fourth-order valence-electron chi connectivity index (χ4n) is 5.97. The molecule has 1 unspecified atom stereocenters. The van der Waals surface area contributed by atoms with Gasteiger partial charge >= 0.3 is 0 Å². The molecule has 1 aromatic rings. The Bertz CT molecular complexity index is 1070. The highest BCUT2D eigenvalue weighted by Crippen LogP contribution is 2.38. The minimum atomic E-state index is -1.05. The Morgan fingerprint density at radius 1 is 0.939 bits per heavy atom. The number of anilines is 1. The monoisotopic (exact) mass is 455 g/mol. The lowest BCUT2D eigenvalue weighted by molar-refractivity contribution is -0.136. The first-order chi connectivity index (χ1) is 15.8. The van der Waals surface area contributed by atoms with Gasteiger partial charge in [-0.1, -0.05) is 0 Å². The molecule has 33 heavy (non-hydrogen) atoms. The SMILES string of the molecule is O=C1CCC(N2C(=O)c3cc(F)c(N4CCC(N5CC6(CNC6)C5)CC4)cc3C2=O)C(=O)N1. The van der Waals surface area contributed by atoms with E-state index < -0.39 is 35.5 Å². The van der Waals surface area contributed by atoms with Crippen LogP contribution in [-0.4, -0.2) is 84.8 Å². The van der Waals surface area contributed by atoms with E-state index in [2.05, 4.69) is 15.5 Å². The lowest BCUT2D eigenvalue weighted by Crippen LogP contribution is -2.73. The van der Waals surface area contributed by atoms with Gasteiger partial charge in [0.25, 0.3) is 11.8 Å². The molecule has 6 rings (SSSR count). The fraction of sp³-hybridized carbons (Fsp3) is 0.565. The zero-order valence-electron chi connectivity index (χ0n) is 18.2. The third kappa shape index (κ3) is 3.18. The van der Waals surface area contributed by atoms with Crippen molar-refractivity contribution in [2.45, 2.75) is 37.8 Å². The number of piperidine rings is 2. The van der Waals surface area contributed by atoms with Gasteiger partial charge in [0, 0.05) is 57.1 Å². The lowest BCUT2D eigenvalue weighted by Gasteiger charge is -2.59. The number of carbonyl (C=O) groups excluding carboxylic acids is 4. The quantitative estimate of drug-likeness (QED) is 0.624. The second kappa shape index (κ2) is 7.33. The molecule has 4 fully saturated rings. The number of imide groups is 2. The standard InChI is InChI=1S/C23H26FN5O4/c24-16-7-14-15(22(33)29(21(14)32)17-1-2-19(30)26-20(17)31)8-18(16)27-5-3-13(4-6-27)28-11-23(12-28)9-25-10-23/h7-8,13,17,25H,1-6,9-12H2,(H,26,30,31). The van der Waals surface area contributed by atoms with Crippen molar-refractivity contribution in [3.8, 4) is 0 Å². The molecule has 0 radical (unpaired) electrons. The Morgan fingerprint density at radius 3 is 2.21 bits per heavy atom. The van der Waals surface area contributed by atoms with Crippen LogP contribution in [0.3, 0.4) is 0 Å². The summed E-state index contributed by atoms with van der Waals surface area (Å²) in [6.07, 6.45) is 1.98. The summed E-state index contributed by atoms with van der Waals surface area (Å²) >= 11 is 0. The molecule has 0 aromatic heterocycles. The Morgan fingerprint density at radius 2 is 1.61 bits per heavy atom. The van der Waals surface area contributed by atoms with Gasteiger partial charge < -0.3 is 10.2 Å². The van der Waals surface area contributed by atoms with E-state index in [0.29, 0.717) is 30.2 Å². The van der Waals surface area contributed by atoms with Crippen LogP contribution in [0.2, 0.25) is 0 Å². The second-order valence-corrected chi connectivity index (χ2v) is 10.0. The zero-order chi connectivity index (χ0) is 22.9. The van der Waals surface area contributed by atoms with Gasteiger partial charge in [-0.25, -0.2) is 4.39 Å². The van der Waals surface area contributed by atoms with Gasteiger partial charge in [0.15, 0.2) is 0 Å². The second-order valence-electron chi connectivity index (χ2n) is 10.0. The molecule has 5 heterocycles. The Kier molecular flexibility index (Phi) is 4.60. The molecule has 0 saturated carbocycles. The molecule has 4 amide bonds. The number of amides is 4. The largest absolute Gasteiger partial charge is 0.369 e. The summed E-state index contributed by atoms with van der Waals surface area (Å²) < 4.78 is 15.1. The van der Waals surface area contributed by atoms with Crippen molar-refractivity contribution in [2.75, 3.05) is 44.2 Å². The van der Waals surface area contributed by atoms with E-state index in [1.807, 2.05) is 4.90 Å². The maximum atomic E-state index is 15.1. The van der Waals surface area contributed by atoms with Gasteiger partial charge in [-0.2, -0.15) is 0 Å². The molecule has 5 aliphatic heterocycles. The van der Waals surface area contributed by atoms with E-state index in [0.717, 1.165) is 50.0 Å². The molecule has 9 nitrogen and oxygen atoms in total. The lowest BCUT2D eigenvalue weighted by atomic mass is 9.73. The van der Waals surface area contributed by atoms with Crippen molar-refractivity contribution in [3.63, 3.8) is 0 Å². The van der Waals surface area contributed by atoms with E-state index in [9.17, 15) is 19.2 Å². The molecule has 10 heteroatoms. The molecule has 4 saturated heterocycles. The van der Waals surface area contributed by atoms with Crippen LogP contribution in [0.1, 0.15) is 46.4 Å². The minimum absolute atomic E-state index is 0.0270. The molecular weight excluding hydrogens is 429 g/mol.